The maximum absolute atomic E-state index is 9.86. The number of likely N-dealkylation sites (tertiary alicyclic amines) is 1. The van der Waals surface area contributed by atoms with Crippen molar-refractivity contribution in [2.24, 2.45) is 11.8 Å². The Labute approximate surface area is 125 Å². The normalized spacial score (nSPS) is 36.1. The van der Waals surface area contributed by atoms with E-state index in [-0.39, 0.29) is 6.10 Å². The van der Waals surface area contributed by atoms with Gasteiger partial charge in [-0.1, -0.05) is 20.3 Å². The van der Waals surface area contributed by atoms with Gasteiger partial charge in [-0.25, -0.2) is 0 Å². The molecule has 0 radical (unpaired) electrons. The van der Waals surface area contributed by atoms with Gasteiger partial charge in [-0.2, -0.15) is 0 Å². The molecule has 4 atom stereocenters. The Kier molecular flexibility index (Phi) is 6.79. The zero-order chi connectivity index (χ0) is 14.4. The molecule has 0 aromatic rings. The van der Waals surface area contributed by atoms with Crippen molar-refractivity contribution in [3.8, 4) is 0 Å². The van der Waals surface area contributed by atoms with E-state index in [1.54, 1.807) is 0 Å². The van der Waals surface area contributed by atoms with Gasteiger partial charge in [0.1, 0.15) is 0 Å². The van der Waals surface area contributed by atoms with Crippen LogP contribution in [0.25, 0.3) is 0 Å². The molecule has 2 N–H and O–H groups in total. The fraction of sp³-hybridized carbons (Fsp3) is 1.00. The van der Waals surface area contributed by atoms with Crippen LogP contribution >= 0.6 is 0 Å². The van der Waals surface area contributed by atoms with E-state index in [9.17, 15) is 5.11 Å². The number of hydrogen-bond donors (Lipinski definition) is 2. The van der Waals surface area contributed by atoms with Crippen molar-refractivity contribution in [2.45, 2.75) is 70.9 Å². The molecular formula is C17H34N2O. The van der Waals surface area contributed by atoms with Crippen LogP contribution in [0.5, 0.6) is 0 Å². The smallest absolute Gasteiger partial charge is 0.0667 e. The number of nitrogens with one attached hydrogen (secondary N) is 1. The third kappa shape index (κ3) is 4.71. The predicted octanol–water partition coefficient (Wildman–Crippen LogP) is 2.64. The van der Waals surface area contributed by atoms with Gasteiger partial charge in [-0.15, -0.1) is 0 Å². The maximum atomic E-state index is 9.86. The fourth-order valence-corrected chi connectivity index (χ4v) is 4.06. The quantitative estimate of drug-likeness (QED) is 0.786. The third-order valence-electron chi connectivity index (χ3n) is 5.30. The van der Waals surface area contributed by atoms with Crippen LogP contribution in [0.2, 0.25) is 0 Å². The monoisotopic (exact) mass is 282 g/mol. The summed E-state index contributed by atoms with van der Waals surface area (Å²) in [5.41, 5.74) is 0. The second-order valence-electron chi connectivity index (χ2n) is 6.96. The number of aliphatic hydroxyl groups is 1. The summed E-state index contributed by atoms with van der Waals surface area (Å²) in [6, 6.07) is 0.705. The Bertz CT molecular complexity index is 272. The van der Waals surface area contributed by atoms with Crippen molar-refractivity contribution in [1.29, 1.82) is 0 Å². The van der Waals surface area contributed by atoms with Crippen LogP contribution in [0.4, 0.5) is 0 Å². The molecule has 1 heterocycles. The van der Waals surface area contributed by atoms with Crippen LogP contribution in [-0.2, 0) is 0 Å². The topological polar surface area (TPSA) is 35.5 Å². The average molecular weight is 282 g/mol. The highest BCUT2D eigenvalue weighted by Gasteiger charge is 2.31. The lowest BCUT2D eigenvalue weighted by atomic mass is 9.76. The molecule has 3 heteroatoms. The molecule has 0 aromatic heterocycles. The van der Waals surface area contributed by atoms with Crippen LogP contribution in [-0.4, -0.2) is 48.3 Å². The summed E-state index contributed by atoms with van der Waals surface area (Å²) in [5.74, 6) is 1.71. The fourth-order valence-electron chi connectivity index (χ4n) is 4.06. The van der Waals surface area contributed by atoms with E-state index in [0.29, 0.717) is 6.04 Å². The van der Waals surface area contributed by atoms with E-state index >= 15 is 0 Å². The minimum atomic E-state index is -0.0867. The first kappa shape index (κ1) is 16.3. The first-order valence-corrected chi connectivity index (χ1v) is 8.86. The summed E-state index contributed by atoms with van der Waals surface area (Å²) < 4.78 is 0. The van der Waals surface area contributed by atoms with Gasteiger partial charge < -0.3 is 15.3 Å². The molecule has 2 aliphatic rings. The molecular weight excluding hydrogens is 248 g/mol. The predicted molar refractivity (Wildman–Crippen MR) is 84.9 cm³/mol. The van der Waals surface area contributed by atoms with Crippen molar-refractivity contribution in [3.63, 3.8) is 0 Å². The van der Waals surface area contributed by atoms with Crippen LogP contribution in [0, 0.1) is 11.8 Å². The second kappa shape index (κ2) is 8.35. The molecule has 1 saturated carbocycles. The SMILES string of the molecule is CCCNC1CCC(CC)CC1CN1CCCC(O)C1. The molecule has 4 unspecified atom stereocenters. The lowest BCUT2D eigenvalue weighted by Gasteiger charge is -2.41. The summed E-state index contributed by atoms with van der Waals surface area (Å²) >= 11 is 0. The number of hydrogen-bond acceptors (Lipinski definition) is 3. The van der Waals surface area contributed by atoms with E-state index in [1.165, 1.54) is 45.2 Å². The van der Waals surface area contributed by atoms with E-state index in [2.05, 4.69) is 24.1 Å². The first-order chi connectivity index (χ1) is 9.72. The van der Waals surface area contributed by atoms with E-state index in [0.717, 1.165) is 37.8 Å². The van der Waals surface area contributed by atoms with Crippen molar-refractivity contribution < 1.29 is 5.11 Å². The molecule has 0 bridgehead atoms. The standard InChI is InChI=1S/C17H34N2O/c1-3-9-18-17-8-7-14(4-2)11-15(17)12-19-10-5-6-16(20)13-19/h14-18,20H,3-13H2,1-2H3. The number of nitrogens with zero attached hydrogens (tertiary/aromatic N) is 1. The Hall–Kier alpha value is -0.120. The van der Waals surface area contributed by atoms with Crippen LogP contribution in [0.3, 0.4) is 0 Å². The summed E-state index contributed by atoms with van der Waals surface area (Å²) in [6.45, 7) is 9.01. The lowest BCUT2D eigenvalue weighted by molar-refractivity contribution is 0.0484. The molecule has 2 rings (SSSR count). The molecule has 0 amide bonds. The zero-order valence-corrected chi connectivity index (χ0v) is 13.5. The van der Waals surface area contributed by atoms with Gasteiger partial charge in [0.15, 0.2) is 0 Å². The minimum absolute atomic E-state index is 0.0867. The Balaban J connectivity index is 1.88. The number of piperidine rings is 1. The summed E-state index contributed by atoms with van der Waals surface area (Å²) in [6.07, 6.45) is 8.76. The number of β-amino-alcohol motifs (C(OH)–C–C–N with tert-alkyl or cyclic N) is 1. The van der Waals surface area contributed by atoms with Crippen molar-refractivity contribution in [3.05, 3.63) is 0 Å². The minimum Gasteiger partial charge on any atom is -0.392 e. The summed E-state index contributed by atoms with van der Waals surface area (Å²) in [7, 11) is 0. The highest BCUT2D eigenvalue weighted by molar-refractivity contribution is 4.87. The van der Waals surface area contributed by atoms with Crippen LogP contribution < -0.4 is 5.32 Å². The van der Waals surface area contributed by atoms with Gasteiger partial charge in [0.25, 0.3) is 0 Å². The van der Waals surface area contributed by atoms with Gasteiger partial charge in [0.2, 0.25) is 0 Å². The average Bonchev–Trinajstić information content (AvgIpc) is 2.46. The Morgan fingerprint density at radius 2 is 2.05 bits per heavy atom. The lowest BCUT2D eigenvalue weighted by Crippen LogP contribution is -2.48. The number of rotatable bonds is 6. The molecule has 1 aliphatic carbocycles. The molecule has 2 fully saturated rings. The molecule has 3 nitrogen and oxygen atoms in total. The van der Waals surface area contributed by atoms with Crippen molar-refractivity contribution in [2.75, 3.05) is 26.2 Å². The highest BCUT2D eigenvalue weighted by Crippen LogP contribution is 2.32. The molecule has 1 saturated heterocycles. The largest absolute Gasteiger partial charge is 0.392 e. The van der Waals surface area contributed by atoms with Crippen molar-refractivity contribution in [1.82, 2.24) is 10.2 Å². The summed E-state index contributed by atoms with van der Waals surface area (Å²) in [5, 5.41) is 13.6. The third-order valence-corrected chi connectivity index (χ3v) is 5.30. The van der Waals surface area contributed by atoms with E-state index < -0.39 is 0 Å². The zero-order valence-electron chi connectivity index (χ0n) is 13.5. The van der Waals surface area contributed by atoms with Crippen LogP contribution in [0.15, 0.2) is 0 Å². The van der Waals surface area contributed by atoms with Crippen LogP contribution in [0.1, 0.15) is 58.8 Å². The van der Waals surface area contributed by atoms with Gasteiger partial charge in [0.05, 0.1) is 6.10 Å². The van der Waals surface area contributed by atoms with Gasteiger partial charge in [0, 0.05) is 19.1 Å². The number of aliphatic hydroxyl groups excluding tert-OH is 1. The van der Waals surface area contributed by atoms with E-state index in [1.807, 2.05) is 0 Å². The first-order valence-electron chi connectivity index (χ1n) is 8.86. The molecule has 1 aliphatic heterocycles. The van der Waals surface area contributed by atoms with Crippen molar-refractivity contribution >= 4 is 0 Å². The molecule has 0 spiro atoms. The second-order valence-corrected chi connectivity index (χ2v) is 6.96. The van der Waals surface area contributed by atoms with Gasteiger partial charge in [-0.05, 0) is 63.5 Å². The molecule has 118 valence electrons. The Morgan fingerprint density at radius 3 is 2.75 bits per heavy atom. The Morgan fingerprint density at radius 1 is 1.20 bits per heavy atom. The van der Waals surface area contributed by atoms with Gasteiger partial charge in [-0.3, -0.25) is 0 Å². The maximum Gasteiger partial charge on any atom is 0.0667 e. The highest BCUT2D eigenvalue weighted by atomic mass is 16.3. The van der Waals surface area contributed by atoms with Gasteiger partial charge >= 0.3 is 0 Å². The van der Waals surface area contributed by atoms with E-state index in [4.69, 9.17) is 0 Å². The molecule has 20 heavy (non-hydrogen) atoms. The molecule has 0 aromatic carbocycles. The summed E-state index contributed by atoms with van der Waals surface area (Å²) in [4.78, 5) is 2.51.